The molecule has 2 aliphatic rings. The van der Waals surface area contributed by atoms with E-state index in [1.54, 1.807) is 12.0 Å². The first-order valence-electron chi connectivity index (χ1n) is 13.2. The number of hydrogen-bond acceptors (Lipinski definition) is 7. The van der Waals surface area contributed by atoms with E-state index < -0.39 is 0 Å². The number of carbonyl (C=O) groups excluding carboxylic acids is 2. The second-order valence-electron chi connectivity index (χ2n) is 10.0. The number of amides is 3. The number of methoxy groups -OCH3 is 1. The van der Waals surface area contributed by atoms with Crippen LogP contribution < -0.4 is 10.6 Å². The monoisotopic (exact) mass is 520 g/mol. The number of ether oxygens (including phenoxy) is 4. The highest BCUT2D eigenvalue weighted by molar-refractivity contribution is 5.85. The van der Waals surface area contributed by atoms with E-state index in [9.17, 15) is 9.59 Å². The number of benzene rings is 1. The lowest BCUT2D eigenvalue weighted by atomic mass is 9.69. The van der Waals surface area contributed by atoms with E-state index in [2.05, 4.69) is 53.9 Å². The molecule has 3 rings (SSSR count). The Labute approximate surface area is 220 Å². The van der Waals surface area contributed by atoms with E-state index in [4.69, 9.17) is 18.9 Å². The smallest absolute Gasteiger partial charge is 0.318 e. The van der Waals surface area contributed by atoms with Gasteiger partial charge in [0.15, 0.2) is 0 Å². The molecular weight excluding hydrogens is 476 g/mol. The highest BCUT2D eigenvalue weighted by Crippen LogP contribution is 2.45. The zero-order valence-corrected chi connectivity index (χ0v) is 22.6. The van der Waals surface area contributed by atoms with Gasteiger partial charge in [-0.15, -0.1) is 0 Å². The standard InChI is InChI=1S/C27H44N4O6/c1-30(2)27(23-7-5-4-6-8-23)11-9-26(10-12-27)22-31(25(33)29-26)21-24(32)28-13-14-35-17-18-37-20-19-36-16-15-34-3/h4-8H,9-22H2,1-3H3,(H,28,32)(H,29,33)/t26-,27-. The maximum atomic E-state index is 12.7. The molecule has 37 heavy (non-hydrogen) atoms. The van der Waals surface area contributed by atoms with E-state index in [1.807, 2.05) is 6.07 Å². The molecule has 1 spiro atoms. The van der Waals surface area contributed by atoms with Crippen LogP contribution in [-0.2, 0) is 29.3 Å². The lowest BCUT2D eigenvalue weighted by Crippen LogP contribution is -2.54. The maximum absolute atomic E-state index is 12.7. The van der Waals surface area contributed by atoms with Crippen molar-refractivity contribution in [3.05, 3.63) is 35.9 Å². The van der Waals surface area contributed by atoms with Crippen molar-refractivity contribution in [3.8, 4) is 0 Å². The van der Waals surface area contributed by atoms with Gasteiger partial charge in [-0.05, 0) is 45.3 Å². The van der Waals surface area contributed by atoms with Crippen LogP contribution in [0.25, 0.3) is 0 Å². The van der Waals surface area contributed by atoms with Crippen LogP contribution in [0.5, 0.6) is 0 Å². The fourth-order valence-corrected chi connectivity index (χ4v) is 5.25. The van der Waals surface area contributed by atoms with Crippen LogP contribution >= 0.6 is 0 Å². The first kappa shape index (κ1) is 29.3. The maximum Gasteiger partial charge on any atom is 0.318 e. The summed E-state index contributed by atoms with van der Waals surface area (Å²) in [5.41, 5.74) is 1.00. The summed E-state index contributed by atoms with van der Waals surface area (Å²) in [5, 5.41) is 6.04. The molecule has 1 saturated heterocycles. The quantitative estimate of drug-likeness (QED) is 0.319. The van der Waals surface area contributed by atoms with Crippen LogP contribution in [0.4, 0.5) is 4.79 Å². The van der Waals surface area contributed by atoms with Crippen molar-refractivity contribution in [3.63, 3.8) is 0 Å². The topological polar surface area (TPSA) is 102 Å². The molecule has 1 aliphatic heterocycles. The number of nitrogens with zero attached hydrogens (tertiary/aromatic N) is 2. The molecule has 0 unspecified atom stereocenters. The van der Waals surface area contributed by atoms with Gasteiger partial charge in [0.1, 0.15) is 6.54 Å². The second-order valence-corrected chi connectivity index (χ2v) is 10.0. The number of carbonyl (C=O) groups is 2. The van der Waals surface area contributed by atoms with E-state index in [1.165, 1.54) is 5.56 Å². The van der Waals surface area contributed by atoms with Gasteiger partial charge in [-0.1, -0.05) is 30.3 Å². The molecular formula is C27H44N4O6. The molecule has 1 heterocycles. The molecule has 208 valence electrons. The van der Waals surface area contributed by atoms with Crippen LogP contribution in [0.3, 0.4) is 0 Å². The summed E-state index contributed by atoms with van der Waals surface area (Å²) in [6, 6.07) is 10.4. The van der Waals surface area contributed by atoms with Crippen molar-refractivity contribution in [2.24, 2.45) is 0 Å². The first-order valence-corrected chi connectivity index (χ1v) is 13.2. The summed E-state index contributed by atoms with van der Waals surface area (Å²) < 4.78 is 21.1. The van der Waals surface area contributed by atoms with Crippen molar-refractivity contribution in [1.29, 1.82) is 0 Å². The Kier molecular flexibility index (Phi) is 11.6. The zero-order valence-electron chi connectivity index (χ0n) is 22.6. The Bertz CT molecular complexity index is 829. The summed E-state index contributed by atoms with van der Waals surface area (Å²) in [6.07, 6.45) is 3.65. The summed E-state index contributed by atoms with van der Waals surface area (Å²) in [5.74, 6) is -0.178. The minimum atomic E-state index is -0.274. The lowest BCUT2D eigenvalue weighted by Gasteiger charge is -2.48. The predicted molar refractivity (Wildman–Crippen MR) is 140 cm³/mol. The Hall–Kier alpha value is -2.24. The minimum absolute atomic E-state index is 0.0368. The van der Waals surface area contributed by atoms with Crippen molar-refractivity contribution in [2.45, 2.75) is 36.8 Å². The van der Waals surface area contributed by atoms with Gasteiger partial charge < -0.3 is 34.5 Å². The third kappa shape index (κ3) is 8.38. The van der Waals surface area contributed by atoms with E-state index in [-0.39, 0.29) is 29.6 Å². The van der Waals surface area contributed by atoms with E-state index >= 15 is 0 Å². The first-order chi connectivity index (χ1) is 17.9. The Balaban J connectivity index is 1.32. The molecule has 1 aliphatic carbocycles. The van der Waals surface area contributed by atoms with Gasteiger partial charge in [0.05, 0.1) is 51.8 Å². The van der Waals surface area contributed by atoms with Gasteiger partial charge in [0.2, 0.25) is 5.91 Å². The van der Waals surface area contributed by atoms with Crippen molar-refractivity contribution >= 4 is 11.9 Å². The number of nitrogens with one attached hydrogen (secondary N) is 2. The van der Waals surface area contributed by atoms with Gasteiger partial charge in [-0.3, -0.25) is 9.69 Å². The molecule has 1 aromatic carbocycles. The van der Waals surface area contributed by atoms with Crippen molar-refractivity contribution < 1.29 is 28.5 Å². The average molecular weight is 521 g/mol. The van der Waals surface area contributed by atoms with Crippen molar-refractivity contribution in [2.75, 3.05) is 87.1 Å². The zero-order chi connectivity index (χ0) is 26.6. The summed E-state index contributed by atoms with van der Waals surface area (Å²) in [4.78, 5) is 29.1. The van der Waals surface area contributed by atoms with Crippen molar-refractivity contribution in [1.82, 2.24) is 20.4 Å². The fraction of sp³-hybridized carbons (Fsp3) is 0.704. The summed E-state index contributed by atoms with van der Waals surface area (Å²) >= 11 is 0. The Morgan fingerprint density at radius 3 is 2.14 bits per heavy atom. The average Bonchev–Trinajstić information content (AvgIpc) is 3.19. The van der Waals surface area contributed by atoms with Crippen LogP contribution in [0.15, 0.2) is 30.3 Å². The fourth-order valence-electron chi connectivity index (χ4n) is 5.25. The molecule has 3 amide bonds. The molecule has 0 radical (unpaired) electrons. The molecule has 0 aromatic heterocycles. The molecule has 0 atom stereocenters. The SMILES string of the molecule is COCCOCCOCCOCCNC(=O)CN1C[C@]2(CC[C@@](c3ccccc3)(N(C)C)CC2)NC1=O. The molecule has 10 heteroatoms. The highest BCUT2D eigenvalue weighted by atomic mass is 16.6. The number of rotatable bonds is 16. The molecule has 2 fully saturated rings. The second kappa shape index (κ2) is 14.6. The van der Waals surface area contributed by atoms with Gasteiger partial charge in [0, 0.05) is 25.7 Å². The Morgan fingerprint density at radius 2 is 1.54 bits per heavy atom. The summed E-state index contributed by atoms with van der Waals surface area (Å²) in [6.45, 7) is 4.46. The van der Waals surface area contributed by atoms with Crippen LogP contribution in [0, 0.1) is 0 Å². The van der Waals surface area contributed by atoms with Gasteiger partial charge in [-0.2, -0.15) is 0 Å². The minimum Gasteiger partial charge on any atom is -0.382 e. The van der Waals surface area contributed by atoms with Crippen LogP contribution in [0.2, 0.25) is 0 Å². The van der Waals surface area contributed by atoms with E-state index in [0.717, 1.165) is 25.7 Å². The molecule has 10 nitrogen and oxygen atoms in total. The molecule has 1 aromatic rings. The molecule has 1 saturated carbocycles. The lowest BCUT2D eigenvalue weighted by molar-refractivity contribution is -0.121. The third-order valence-electron chi connectivity index (χ3n) is 7.43. The van der Waals surface area contributed by atoms with Gasteiger partial charge in [0.25, 0.3) is 0 Å². The third-order valence-corrected chi connectivity index (χ3v) is 7.43. The summed E-state index contributed by atoms with van der Waals surface area (Å²) in [7, 11) is 5.90. The largest absolute Gasteiger partial charge is 0.382 e. The number of urea groups is 1. The number of hydrogen-bond donors (Lipinski definition) is 2. The molecule has 0 bridgehead atoms. The Morgan fingerprint density at radius 1 is 0.946 bits per heavy atom. The van der Waals surface area contributed by atoms with Crippen LogP contribution in [0.1, 0.15) is 31.2 Å². The van der Waals surface area contributed by atoms with Gasteiger partial charge in [-0.25, -0.2) is 4.79 Å². The van der Waals surface area contributed by atoms with Crippen LogP contribution in [-0.4, -0.2) is 114 Å². The van der Waals surface area contributed by atoms with Gasteiger partial charge >= 0.3 is 6.03 Å². The normalized spacial score (nSPS) is 23.6. The molecule has 2 N–H and O–H groups in total. The highest BCUT2D eigenvalue weighted by Gasteiger charge is 2.50. The predicted octanol–water partition coefficient (Wildman–Crippen LogP) is 1.59. The van der Waals surface area contributed by atoms with E-state index in [0.29, 0.717) is 59.3 Å².